The number of likely N-dealkylation sites (N-methyl/N-ethyl adjacent to an activating group) is 1. The predicted molar refractivity (Wildman–Crippen MR) is 57.2 cm³/mol. The maximum Gasteiger partial charge on any atom is 0.221 e. The van der Waals surface area contributed by atoms with E-state index in [2.05, 4.69) is 29.4 Å². The van der Waals surface area contributed by atoms with Crippen molar-refractivity contribution < 1.29 is 4.79 Å². The standard InChI is InChI=1S/C10H21N3O/c1-3-13(4-2)6-5-11-9-7-10(14)12-8-9/h9,11H,3-8H2,1-2H3,(H,12,14). The Hall–Kier alpha value is -0.610. The first-order valence-corrected chi connectivity index (χ1v) is 5.48. The molecule has 14 heavy (non-hydrogen) atoms. The highest BCUT2D eigenvalue weighted by Gasteiger charge is 2.20. The Morgan fingerprint density at radius 1 is 1.50 bits per heavy atom. The first-order valence-electron chi connectivity index (χ1n) is 5.48. The molecule has 1 aliphatic rings. The van der Waals surface area contributed by atoms with E-state index in [1.54, 1.807) is 0 Å². The van der Waals surface area contributed by atoms with Gasteiger partial charge in [0.05, 0.1) is 0 Å². The molecular formula is C10H21N3O. The molecule has 4 heteroatoms. The van der Waals surface area contributed by atoms with E-state index in [9.17, 15) is 4.79 Å². The van der Waals surface area contributed by atoms with E-state index >= 15 is 0 Å². The molecular weight excluding hydrogens is 178 g/mol. The van der Waals surface area contributed by atoms with E-state index < -0.39 is 0 Å². The van der Waals surface area contributed by atoms with Crippen LogP contribution < -0.4 is 10.6 Å². The van der Waals surface area contributed by atoms with Gasteiger partial charge in [0.25, 0.3) is 0 Å². The first kappa shape index (κ1) is 11.5. The number of carbonyl (C=O) groups excluding carboxylic acids is 1. The van der Waals surface area contributed by atoms with Crippen LogP contribution >= 0.6 is 0 Å². The lowest BCUT2D eigenvalue weighted by molar-refractivity contribution is -0.119. The summed E-state index contributed by atoms with van der Waals surface area (Å²) in [6.07, 6.45) is 0.637. The van der Waals surface area contributed by atoms with Gasteiger partial charge >= 0.3 is 0 Å². The Bertz CT molecular complexity index is 180. The van der Waals surface area contributed by atoms with E-state index in [4.69, 9.17) is 0 Å². The Morgan fingerprint density at radius 3 is 2.71 bits per heavy atom. The predicted octanol–water partition coefficient (Wildman–Crippen LogP) is -0.194. The van der Waals surface area contributed by atoms with Crippen LogP contribution in [-0.4, -0.2) is 49.6 Å². The summed E-state index contributed by atoms with van der Waals surface area (Å²) in [5, 5.41) is 6.21. The molecule has 0 aromatic carbocycles. The minimum Gasteiger partial charge on any atom is -0.354 e. The quantitative estimate of drug-likeness (QED) is 0.623. The fourth-order valence-electron chi connectivity index (χ4n) is 1.72. The second kappa shape index (κ2) is 5.98. The fraction of sp³-hybridized carbons (Fsp3) is 0.900. The third-order valence-corrected chi connectivity index (χ3v) is 2.73. The summed E-state index contributed by atoms with van der Waals surface area (Å²) < 4.78 is 0. The summed E-state index contributed by atoms with van der Waals surface area (Å²) in [5.41, 5.74) is 0. The van der Waals surface area contributed by atoms with Crippen LogP contribution in [0.2, 0.25) is 0 Å². The molecule has 0 saturated carbocycles. The van der Waals surface area contributed by atoms with Crippen molar-refractivity contribution in [2.75, 3.05) is 32.7 Å². The van der Waals surface area contributed by atoms with Gasteiger partial charge in [-0.05, 0) is 13.1 Å². The minimum absolute atomic E-state index is 0.172. The van der Waals surface area contributed by atoms with Crippen LogP contribution in [0.1, 0.15) is 20.3 Å². The molecule has 0 bridgehead atoms. The van der Waals surface area contributed by atoms with Gasteiger partial charge in [0.2, 0.25) is 5.91 Å². The molecule has 0 spiro atoms. The third-order valence-electron chi connectivity index (χ3n) is 2.73. The van der Waals surface area contributed by atoms with Crippen molar-refractivity contribution in [1.29, 1.82) is 0 Å². The molecule has 82 valence electrons. The molecule has 1 aliphatic heterocycles. The normalized spacial score (nSPS) is 21.6. The number of amides is 1. The van der Waals surface area contributed by atoms with Crippen LogP contribution in [-0.2, 0) is 4.79 Å². The third kappa shape index (κ3) is 3.64. The van der Waals surface area contributed by atoms with Crippen molar-refractivity contribution in [3.63, 3.8) is 0 Å². The second-order valence-corrected chi connectivity index (χ2v) is 3.69. The minimum atomic E-state index is 0.172. The molecule has 4 nitrogen and oxygen atoms in total. The summed E-state index contributed by atoms with van der Waals surface area (Å²) in [4.78, 5) is 13.3. The van der Waals surface area contributed by atoms with Gasteiger partial charge in [-0.1, -0.05) is 13.8 Å². The molecule has 1 amide bonds. The van der Waals surface area contributed by atoms with Crippen LogP contribution in [0.3, 0.4) is 0 Å². The molecule has 1 unspecified atom stereocenters. The van der Waals surface area contributed by atoms with Gasteiger partial charge in [-0.3, -0.25) is 4.79 Å². The smallest absolute Gasteiger partial charge is 0.221 e. The molecule has 1 atom stereocenters. The number of rotatable bonds is 6. The highest BCUT2D eigenvalue weighted by molar-refractivity contribution is 5.78. The maximum atomic E-state index is 10.9. The van der Waals surface area contributed by atoms with E-state index in [-0.39, 0.29) is 5.91 Å². The van der Waals surface area contributed by atoms with Gasteiger partial charge in [0, 0.05) is 32.1 Å². The summed E-state index contributed by atoms with van der Waals surface area (Å²) in [5.74, 6) is 0.172. The molecule has 1 saturated heterocycles. The van der Waals surface area contributed by atoms with Crippen molar-refractivity contribution in [3.05, 3.63) is 0 Å². The van der Waals surface area contributed by atoms with Crippen LogP contribution in [0.4, 0.5) is 0 Å². The molecule has 0 radical (unpaired) electrons. The van der Waals surface area contributed by atoms with Crippen molar-refractivity contribution >= 4 is 5.91 Å². The molecule has 1 rings (SSSR count). The largest absolute Gasteiger partial charge is 0.354 e. The van der Waals surface area contributed by atoms with Crippen LogP contribution in [0, 0.1) is 0 Å². The Morgan fingerprint density at radius 2 is 2.21 bits per heavy atom. The molecule has 1 heterocycles. The zero-order valence-corrected chi connectivity index (χ0v) is 9.18. The molecule has 1 fully saturated rings. The fourth-order valence-corrected chi connectivity index (χ4v) is 1.72. The van der Waals surface area contributed by atoms with Crippen molar-refractivity contribution in [2.45, 2.75) is 26.3 Å². The number of carbonyl (C=O) groups is 1. The van der Waals surface area contributed by atoms with Gasteiger partial charge in [0.15, 0.2) is 0 Å². The lowest BCUT2D eigenvalue weighted by Crippen LogP contribution is -2.38. The molecule has 2 N–H and O–H groups in total. The van der Waals surface area contributed by atoms with Gasteiger partial charge in [0.1, 0.15) is 0 Å². The molecule has 0 aromatic rings. The average Bonchev–Trinajstić information content (AvgIpc) is 2.59. The Balaban J connectivity index is 2.06. The second-order valence-electron chi connectivity index (χ2n) is 3.69. The first-order chi connectivity index (χ1) is 6.76. The number of nitrogens with zero attached hydrogens (tertiary/aromatic N) is 1. The monoisotopic (exact) mass is 199 g/mol. The van der Waals surface area contributed by atoms with E-state index in [1.807, 2.05) is 0 Å². The van der Waals surface area contributed by atoms with Crippen molar-refractivity contribution in [2.24, 2.45) is 0 Å². The highest BCUT2D eigenvalue weighted by Crippen LogP contribution is 1.98. The summed E-state index contributed by atoms with van der Waals surface area (Å²) in [6.45, 7) is 9.37. The lowest BCUT2D eigenvalue weighted by Gasteiger charge is -2.19. The lowest BCUT2D eigenvalue weighted by atomic mass is 10.2. The van der Waals surface area contributed by atoms with Crippen LogP contribution in [0.25, 0.3) is 0 Å². The Kier molecular flexibility index (Phi) is 4.90. The van der Waals surface area contributed by atoms with Gasteiger partial charge in [-0.2, -0.15) is 0 Å². The average molecular weight is 199 g/mol. The maximum absolute atomic E-state index is 10.9. The topological polar surface area (TPSA) is 44.4 Å². The zero-order valence-electron chi connectivity index (χ0n) is 9.18. The van der Waals surface area contributed by atoms with E-state index in [0.717, 1.165) is 32.7 Å². The number of hydrogen-bond donors (Lipinski definition) is 2. The zero-order chi connectivity index (χ0) is 10.4. The highest BCUT2D eigenvalue weighted by atomic mass is 16.1. The number of nitrogens with one attached hydrogen (secondary N) is 2. The van der Waals surface area contributed by atoms with E-state index in [1.165, 1.54) is 0 Å². The van der Waals surface area contributed by atoms with E-state index in [0.29, 0.717) is 12.5 Å². The van der Waals surface area contributed by atoms with Gasteiger partial charge in [-0.25, -0.2) is 0 Å². The summed E-state index contributed by atoms with van der Waals surface area (Å²) in [6, 6.07) is 0.345. The molecule has 0 aliphatic carbocycles. The molecule has 0 aromatic heterocycles. The SMILES string of the molecule is CCN(CC)CCNC1CNC(=O)C1. The van der Waals surface area contributed by atoms with Gasteiger partial charge < -0.3 is 15.5 Å². The Labute approximate surface area is 86.0 Å². The van der Waals surface area contributed by atoms with Crippen LogP contribution in [0.15, 0.2) is 0 Å². The van der Waals surface area contributed by atoms with Crippen LogP contribution in [0.5, 0.6) is 0 Å². The van der Waals surface area contributed by atoms with Crippen molar-refractivity contribution in [1.82, 2.24) is 15.5 Å². The van der Waals surface area contributed by atoms with Gasteiger partial charge in [-0.15, -0.1) is 0 Å². The number of hydrogen-bond acceptors (Lipinski definition) is 3. The summed E-state index contributed by atoms with van der Waals surface area (Å²) >= 11 is 0. The van der Waals surface area contributed by atoms with Crippen molar-refractivity contribution in [3.8, 4) is 0 Å². The summed E-state index contributed by atoms with van der Waals surface area (Å²) in [7, 11) is 0.